The van der Waals surface area contributed by atoms with Gasteiger partial charge >= 0.3 is 0 Å². The Morgan fingerprint density at radius 3 is 2.77 bits per heavy atom. The number of carbonyl (C=O) groups excluding carboxylic acids is 2. The average molecular weight is 381 g/mol. The van der Waals surface area contributed by atoms with Gasteiger partial charge in [-0.2, -0.15) is 0 Å². The van der Waals surface area contributed by atoms with E-state index in [1.807, 2.05) is 13.0 Å². The van der Waals surface area contributed by atoms with Crippen molar-refractivity contribution in [1.82, 2.24) is 0 Å². The second-order valence-corrected chi connectivity index (χ2v) is 9.32. The van der Waals surface area contributed by atoms with Crippen LogP contribution in [0.3, 0.4) is 0 Å². The predicted molar refractivity (Wildman–Crippen MR) is 97.6 cm³/mol. The minimum absolute atomic E-state index is 0.0312. The maximum absolute atomic E-state index is 16.6. The van der Waals surface area contributed by atoms with Crippen molar-refractivity contribution in [1.29, 1.82) is 0 Å². The van der Waals surface area contributed by atoms with Crippen LogP contribution in [0.1, 0.15) is 52.4 Å². The van der Waals surface area contributed by atoms with Gasteiger partial charge in [0.2, 0.25) is 0 Å². The highest BCUT2D eigenvalue weighted by Crippen LogP contribution is 2.68. The van der Waals surface area contributed by atoms with Gasteiger partial charge in [0, 0.05) is 11.8 Å². The minimum atomic E-state index is -1.47. The van der Waals surface area contributed by atoms with Crippen LogP contribution in [0.2, 0.25) is 0 Å². The summed E-state index contributed by atoms with van der Waals surface area (Å²) in [6.45, 7) is 3.95. The molecular weight excluding hydrogens is 355 g/mol. The predicted octanol–water partition coefficient (Wildman–Crippen LogP) is 3.93. The number of hydrogen-bond acceptors (Lipinski definition) is 3. The molecule has 0 aromatic heterocycles. The summed E-state index contributed by atoms with van der Waals surface area (Å²) in [6, 6.07) is 0. The van der Waals surface area contributed by atoms with E-state index >= 15 is 4.39 Å². The molecular formula is C21H26ClFO3. The van der Waals surface area contributed by atoms with E-state index in [2.05, 4.69) is 6.92 Å². The molecule has 3 nitrogen and oxygen atoms in total. The molecule has 0 heterocycles. The summed E-state index contributed by atoms with van der Waals surface area (Å²) >= 11 is 5.80. The van der Waals surface area contributed by atoms with E-state index in [1.165, 1.54) is 0 Å². The molecule has 6 atom stereocenters. The molecule has 0 aliphatic heterocycles. The van der Waals surface area contributed by atoms with Crippen molar-refractivity contribution in [3.63, 3.8) is 0 Å². The molecule has 0 saturated heterocycles. The van der Waals surface area contributed by atoms with Crippen LogP contribution in [0.5, 0.6) is 0 Å². The van der Waals surface area contributed by atoms with Gasteiger partial charge in [-0.1, -0.05) is 25.5 Å². The fourth-order valence-electron chi connectivity index (χ4n) is 6.55. The zero-order valence-corrected chi connectivity index (χ0v) is 16.1. The van der Waals surface area contributed by atoms with Crippen LogP contribution in [0, 0.1) is 22.7 Å². The summed E-state index contributed by atoms with van der Waals surface area (Å²) in [4.78, 5) is 24.5. The van der Waals surface area contributed by atoms with E-state index in [0.29, 0.717) is 32.1 Å². The number of allylic oxidation sites excluding steroid dienone is 3. The third kappa shape index (κ3) is 2.15. The zero-order valence-electron chi connectivity index (χ0n) is 15.4. The molecule has 4 aliphatic rings. The van der Waals surface area contributed by atoms with Crippen LogP contribution in [0.4, 0.5) is 4.39 Å². The largest absolute Gasteiger partial charge is 0.381 e. The Balaban J connectivity index is 1.73. The second kappa shape index (κ2) is 5.75. The van der Waals surface area contributed by atoms with Crippen LogP contribution < -0.4 is 0 Å². The number of aliphatic hydroxyl groups excluding tert-OH is 1. The maximum atomic E-state index is 16.6. The van der Waals surface area contributed by atoms with Gasteiger partial charge in [0.15, 0.2) is 11.6 Å². The Hall–Kier alpha value is -1.00. The molecule has 1 unspecified atom stereocenters. The van der Waals surface area contributed by atoms with Crippen molar-refractivity contribution in [2.24, 2.45) is 22.7 Å². The highest BCUT2D eigenvalue weighted by molar-refractivity contribution is 6.30. The van der Waals surface area contributed by atoms with E-state index in [4.69, 9.17) is 11.6 Å². The van der Waals surface area contributed by atoms with Gasteiger partial charge in [0.1, 0.15) is 11.8 Å². The fourth-order valence-corrected chi connectivity index (χ4v) is 6.69. The summed E-state index contributed by atoms with van der Waals surface area (Å²) < 4.78 is 16.6. The average Bonchev–Trinajstić information content (AvgIpc) is 2.94. The number of Topliss-reactive ketones (excluding diaryl/α,β-unsaturated/α-hetero) is 2. The standard InChI is InChI=1S/C21H26ClFO3/c1-19-7-8-21(23)14(13(19)5-6-15(19)18(26)11-22)4-3-12-9-16(24)17(25)10-20(12,21)2/h6,9,13-14,16,24H,3-5,7-8,10-11H2,1-2H3/t13-,14-,16?,19-,20-,21+/m0/s1. The van der Waals surface area contributed by atoms with Crippen molar-refractivity contribution in [3.8, 4) is 0 Å². The topological polar surface area (TPSA) is 54.4 Å². The Labute approximate surface area is 158 Å². The Morgan fingerprint density at radius 1 is 1.35 bits per heavy atom. The molecule has 4 rings (SSSR count). The quantitative estimate of drug-likeness (QED) is 0.583. The lowest BCUT2D eigenvalue weighted by atomic mass is 9.45. The molecule has 0 aromatic rings. The molecule has 142 valence electrons. The van der Waals surface area contributed by atoms with Gasteiger partial charge in [0.25, 0.3) is 0 Å². The Morgan fingerprint density at radius 2 is 2.08 bits per heavy atom. The smallest absolute Gasteiger partial charge is 0.173 e. The first-order valence-corrected chi connectivity index (χ1v) is 10.1. The number of alkyl halides is 2. The van der Waals surface area contributed by atoms with Crippen molar-refractivity contribution in [3.05, 3.63) is 23.3 Å². The summed E-state index contributed by atoms with van der Waals surface area (Å²) in [5.41, 5.74) is -0.949. The number of halogens is 2. The van der Waals surface area contributed by atoms with Crippen LogP contribution >= 0.6 is 11.6 Å². The minimum Gasteiger partial charge on any atom is -0.381 e. The molecule has 0 aromatic carbocycles. The molecule has 2 saturated carbocycles. The van der Waals surface area contributed by atoms with Crippen LogP contribution in [-0.4, -0.2) is 34.3 Å². The van der Waals surface area contributed by atoms with Crippen molar-refractivity contribution in [2.45, 2.75) is 64.1 Å². The fraction of sp³-hybridized carbons (Fsp3) is 0.714. The van der Waals surface area contributed by atoms with Gasteiger partial charge in [-0.25, -0.2) is 4.39 Å². The molecule has 4 aliphatic carbocycles. The first-order chi connectivity index (χ1) is 12.2. The van der Waals surface area contributed by atoms with E-state index in [1.54, 1.807) is 6.08 Å². The summed E-state index contributed by atoms with van der Waals surface area (Å²) in [6.07, 6.45) is 5.60. The monoisotopic (exact) mass is 380 g/mol. The van der Waals surface area contributed by atoms with Crippen LogP contribution in [-0.2, 0) is 9.59 Å². The number of rotatable bonds is 2. The molecule has 1 N–H and O–H groups in total. The van der Waals surface area contributed by atoms with E-state index < -0.39 is 17.2 Å². The van der Waals surface area contributed by atoms with Crippen molar-refractivity contribution < 1.29 is 19.1 Å². The highest BCUT2D eigenvalue weighted by atomic mass is 35.5. The lowest BCUT2D eigenvalue weighted by molar-refractivity contribution is -0.151. The van der Waals surface area contributed by atoms with Gasteiger partial charge in [-0.05, 0) is 61.0 Å². The SMILES string of the molecule is C[C@]12CC(=O)C(O)C=C1CC[C@H]1[C@@H]3CC=C(C(=O)CCl)[C@@]3(C)CC[C@@]12F. The van der Waals surface area contributed by atoms with Crippen LogP contribution in [0.25, 0.3) is 0 Å². The van der Waals surface area contributed by atoms with Gasteiger partial charge in [0.05, 0.1) is 5.88 Å². The maximum Gasteiger partial charge on any atom is 0.173 e. The second-order valence-electron chi connectivity index (χ2n) is 9.05. The highest BCUT2D eigenvalue weighted by Gasteiger charge is 2.67. The summed E-state index contributed by atoms with van der Waals surface area (Å²) in [7, 11) is 0. The number of ketones is 2. The molecule has 0 bridgehead atoms. The zero-order chi connectivity index (χ0) is 18.9. The first-order valence-electron chi connectivity index (χ1n) is 9.58. The molecule has 0 radical (unpaired) electrons. The van der Waals surface area contributed by atoms with E-state index in [9.17, 15) is 14.7 Å². The Kier molecular flexibility index (Phi) is 4.06. The molecule has 0 spiro atoms. The van der Waals surface area contributed by atoms with Crippen molar-refractivity contribution in [2.75, 3.05) is 5.88 Å². The molecule has 2 fully saturated rings. The van der Waals surface area contributed by atoms with Crippen LogP contribution in [0.15, 0.2) is 23.3 Å². The van der Waals surface area contributed by atoms with Crippen molar-refractivity contribution >= 4 is 23.2 Å². The van der Waals surface area contributed by atoms with Gasteiger partial charge < -0.3 is 5.11 Å². The number of hydrogen-bond donors (Lipinski definition) is 1. The lowest BCUT2D eigenvalue weighted by Crippen LogP contribution is -2.61. The third-order valence-corrected chi connectivity index (χ3v) is 8.32. The number of fused-ring (bicyclic) bond motifs is 5. The normalized spacial score (nSPS) is 47.4. The van der Waals surface area contributed by atoms with Gasteiger partial charge in [-0.3, -0.25) is 9.59 Å². The Bertz CT molecular complexity index is 744. The third-order valence-electron chi connectivity index (χ3n) is 8.08. The number of aliphatic hydroxyl groups is 1. The van der Waals surface area contributed by atoms with Gasteiger partial charge in [-0.15, -0.1) is 11.6 Å². The molecule has 0 amide bonds. The summed E-state index contributed by atoms with van der Waals surface area (Å²) in [5.74, 6) is -0.463. The lowest BCUT2D eigenvalue weighted by Gasteiger charge is -2.61. The van der Waals surface area contributed by atoms with E-state index in [-0.39, 0.29) is 41.1 Å². The molecule has 5 heteroatoms. The number of carbonyl (C=O) groups is 2. The summed E-state index contributed by atoms with van der Waals surface area (Å²) in [5, 5.41) is 9.92. The first kappa shape index (κ1) is 18.4. The molecule has 26 heavy (non-hydrogen) atoms. The van der Waals surface area contributed by atoms with E-state index in [0.717, 1.165) is 11.1 Å².